The van der Waals surface area contributed by atoms with E-state index in [1.54, 1.807) is 0 Å². The molecule has 0 saturated heterocycles. The van der Waals surface area contributed by atoms with Crippen molar-refractivity contribution in [2.75, 3.05) is 11.9 Å². The zero-order chi connectivity index (χ0) is 10.2. The Morgan fingerprint density at radius 2 is 2.14 bits per heavy atom. The minimum atomic E-state index is 0.763. The third-order valence-corrected chi connectivity index (χ3v) is 2.43. The van der Waals surface area contributed by atoms with Gasteiger partial charge < -0.3 is 4.74 Å². The third kappa shape index (κ3) is 3.54. The van der Waals surface area contributed by atoms with Gasteiger partial charge in [0.25, 0.3) is 0 Å². The Morgan fingerprint density at radius 1 is 1.36 bits per heavy atom. The van der Waals surface area contributed by atoms with Crippen molar-refractivity contribution in [2.24, 2.45) is 0 Å². The lowest BCUT2D eigenvalue weighted by Gasteiger charge is -2.09. The molecule has 1 nitrogen and oxygen atoms in total. The summed E-state index contributed by atoms with van der Waals surface area (Å²) in [6.45, 7) is 4.49. The number of ether oxygens (including phenoxy) is 1. The largest absolute Gasteiger partial charge is 0.493 e. The van der Waals surface area contributed by atoms with Crippen LogP contribution < -0.4 is 4.74 Å². The molecule has 0 heterocycles. The van der Waals surface area contributed by atoms with Gasteiger partial charge in [0.2, 0.25) is 0 Å². The molecule has 1 aromatic carbocycles. The fraction of sp³-hybridized carbons (Fsp3) is 0.333. The summed E-state index contributed by atoms with van der Waals surface area (Å²) in [4.78, 5) is 0. The van der Waals surface area contributed by atoms with Gasteiger partial charge in [0, 0.05) is 5.33 Å². The van der Waals surface area contributed by atoms with E-state index in [0.29, 0.717) is 0 Å². The van der Waals surface area contributed by atoms with Crippen LogP contribution in [0.2, 0.25) is 0 Å². The number of benzene rings is 1. The van der Waals surface area contributed by atoms with Crippen LogP contribution in [0.3, 0.4) is 0 Å². The molecule has 0 N–H and O–H groups in total. The van der Waals surface area contributed by atoms with Crippen LogP contribution in [0, 0.1) is 0 Å². The van der Waals surface area contributed by atoms with Gasteiger partial charge in [-0.1, -0.05) is 40.2 Å². The maximum atomic E-state index is 5.65. The van der Waals surface area contributed by atoms with Gasteiger partial charge in [-0.05, 0) is 24.5 Å². The summed E-state index contributed by atoms with van der Waals surface area (Å²) in [7, 11) is 0. The molecular formula is C12H15BrO. The topological polar surface area (TPSA) is 9.23 Å². The highest BCUT2D eigenvalue weighted by Gasteiger charge is 1.99. The van der Waals surface area contributed by atoms with E-state index in [1.165, 1.54) is 5.56 Å². The van der Waals surface area contributed by atoms with Gasteiger partial charge in [-0.15, -0.1) is 6.58 Å². The molecule has 0 aromatic heterocycles. The Kier molecular flexibility index (Phi) is 5.38. The van der Waals surface area contributed by atoms with E-state index in [0.717, 1.165) is 30.5 Å². The molecule has 0 spiro atoms. The molecule has 0 aliphatic heterocycles. The van der Waals surface area contributed by atoms with Crippen molar-refractivity contribution in [1.82, 2.24) is 0 Å². The molecule has 76 valence electrons. The highest BCUT2D eigenvalue weighted by Crippen LogP contribution is 2.18. The number of allylic oxidation sites excluding steroid dienone is 1. The van der Waals surface area contributed by atoms with Crippen molar-refractivity contribution in [3.63, 3.8) is 0 Å². The van der Waals surface area contributed by atoms with Crippen molar-refractivity contribution < 1.29 is 4.74 Å². The number of halogens is 1. The summed E-state index contributed by atoms with van der Waals surface area (Å²) in [5.74, 6) is 0.980. The highest BCUT2D eigenvalue weighted by atomic mass is 79.9. The van der Waals surface area contributed by atoms with Gasteiger partial charge in [-0.25, -0.2) is 0 Å². The van der Waals surface area contributed by atoms with Crippen LogP contribution in [0.5, 0.6) is 5.75 Å². The van der Waals surface area contributed by atoms with Crippen LogP contribution in [0.1, 0.15) is 12.0 Å². The van der Waals surface area contributed by atoms with Crippen molar-refractivity contribution in [2.45, 2.75) is 12.8 Å². The zero-order valence-corrected chi connectivity index (χ0v) is 9.79. The summed E-state index contributed by atoms with van der Waals surface area (Å²) >= 11 is 3.38. The van der Waals surface area contributed by atoms with Gasteiger partial charge in [0.05, 0.1) is 6.61 Å². The molecule has 0 fully saturated rings. The number of alkyl halides is 1. The molecule has 0 saturated carbocycles. The Morgan fingerprint density at radius 3 is 2.86 bits per heavy atom. The first kappa shape index (κ1) is 11.3. The van der Waals surface area contributed by atoms with Crippen LogP contribution in [0.15, 0.2) is 36.9 Å². The molecule has 0 aliphatic carbocycles. The fourth-order valence-corrected chi connectivity index (χ4v) is 1.43. The van der Waals surface area contributed by atoms with Gasteiger partial charge in [0.15, 0.2) is 0 Å². The number of para-hydroxylation sites is 1. The van der Waals surface area contributed by atoms with Gasteiger partial charge in [0.1, 0.15) is 5.75 Å². The lowest BCUT2D eigenvalue weighted by molar-refractivity contribution is 0.316. The van der Waals surface area contributed by atoms with Crippen molar-refractivity contribution in [3.8, 4) is 5.75 Å². The predicted octanol–water partition coefficient (Wildman–Crippen LogP) is 3.58. The molecule has 14 heavy (non-hydrogen) atoms. The SMILES string of the molecule is C=CCc1ccccc1OCCCBr. The van der Waals surface area contributed by atoms with E-state index in [2.05, 4.69) is 28.6 Å². The maximum absolute atomic E-state index is 5.65. The molecule has 2 heteroatoms. The van der Waals surface area contributed by atoms with E-state index in [1.807, 2.05) is 24.3 Å². The van der Waals surface area contributed by atoms with Crippen LogP contribution in [0.25, 0.3) is 0 Å². The maximum Gasteiger partial charge on any atom is 0.122 e. The molecular weight excluding hydrogens is 240 g/mol. The lowest BCUT2D eigenvalue weighted by atomic mass is 10.1. The Bertz CT molecular complexity index is 283. The summed E-state index contributed by atoms with van der Waals surface area (Å²) in [6, 6.07) is 8.10. The molecule has 0 aliphatic rings. The fourth-order valence-electron chi connectivity index (χ4n) is 1.21. The van der Waals surface area contributed by atoms with E-state index in [4.69, 9.17) is 4.74 Å². The molecule has 0 atom stereocenters. The molecule has 0 radical (unpaired) electrons. The van der Waals surface area contributed by atoms with E-state index < -0.39 is 0 Å². The van der Waals surface area contributed by atoms with Crippen LogP contribution in [0.4, 0.5) is 0 Å². The van der Waals surface area contributed by atoms with Gasteiger partial charge >= 0.3 is 0 Å². The highest BCUT2D eigenvalue weighted by molar-refractivity contribution is 9.09. The van der Waals surface area contributed by atoms with Crippen molar-refractivity contribution >= 4 is 15.9 Å². The quantitative estimate of drug-likeness (QED) is 0.429. The molecule has 0 unspecified atom stereocenters. The summed E-state index contributed by atoms with van der Waals surface area (Å²) in [5.41, 5.74) is 1.21. The standard InChI is InChI=1S/C12H15BrO/c1-2-6-11-7-3-4-8-12(11)14-10-5-9-13/h2-4,7-8H,1,5-6,9-10H2. The first-order chi connectivity index (χ1) is 6.88. The summed E-state index contributed by atoms with van der Waals surface area (Å²) in [5, 5.41) is 0.983. The normalized spacial score (nSPS) is 9.79. The minimum absolute atomic E-state index is 0.763. The smallest absolute Gasteiger partial charge is 0.122 e. The lowest BCUT2D eigenvalue weighted by Crippen LogP contribution is -2.00. The van der Waals surface area contributed by atoms with Crippen molar-refractivity contribution in [1.29, 1.82) is 0 Å². The van der Waals surface area contributed by atoms with Crippen LogP contribution in [-0.4, -0.2) is 11.9 Å². The Labute approximate surface area is 93.9 Å². The van der Waals surface area contributed by atoms with Crippen LogP contribution in [-0.2, 0) is 6.42 Å². The summed E-state index contributed by atoms with van der Waals surface area (Å²) < 4.78 is 5.65. The Balaban J connectivity index is 2.59. The Hall–Kier alpha value is -0.760. The third-order valence-electron chi connectivity index (χ3n) is 1.87. The molecule has 0 amide bonds. The molecule has 0 bridgehead atoms. The number of hydrogen-bond donors (Lipinski definition) is 0. The monoisotopic (exact) mass is 254 g/mol. The second kappa shape index (κ2) is 6.66. The number of rotatable bonds is 6. The summed E-state index contributed by atoms with van der Waals surface area (Å²) in [6.07, 6.45) is 3.79. The average Bonchev–Trinajstić information content (AvgIpc) is 2.21. The number of hydrogen-bond acceptors (Lipinski definition) is 1. The van der Waals surface area contributed by atoms with Gasteiger partial charge in [-0.2, -0.15) is 0 Å². The second-order valence-electron chi connectivity index (χ2n) is 2.99. The molecule has 1 aromatic rings. The minimum Gasteiger partial charge on any atom is -0.493 e. The average molecular weight is 255 g/mol. The predicted molar refractivity (Wildman–Crippen MR) is 64.2 cm³/mol. The van der Waals surface area contributed by atoms with E-state index in [9.17, 15) is 0 Å². The second-order valence-corrected chi connectivity index (χ2v) is 3.78. The molecule has 1 rings (SSSR count). The van der Waals surface area contributed by atoms with Gasteiger partial charge in [-0.3, -0.25) is 0 Å². The van der Waals surface area contributed by atoms with Crippen LogP contribution >= 0.6 is 15.9 Å². The first-order valence-corrected chi connectivity index (χ1v) is 5.88. The zero-order valence-electron chi connectivity index (χ0n) is 8.21. The van der Waals surface area contributed by atoms with E-state index in [-0.39, 0.29) is 0 Å². The van der Waals surface area contributed by atoms with E-state index >= 15 is 0 Å². The van der Waals surface area contributed by atoms with Crippen molar-refractivity contribution in [3.05, 3.63) is 42.5 Å². The first-order valence-electron chi connectivity index (χ1n) is 4.76.